The van der Waals surface area contributed by atoms with Crippen LogP contribution in [0.4, 0.5) is 0 Å². The molecule has 22 heavy (non-hydrogen) atoms. The van der Waals surface area contributed by atoms with Crippen molar-refractivity contribution in [3.8, 4) is 6.07 Å². The molecule has 2 rings (SSSR count). The Balaban J connectivity index is 1.67. The molecule has 2 aliphatic carbocycles. The van der Waals surface area contributed by atoms with Crippen molar-refractivity contribution in [2.45, 2.75) is 64.7 Å². The maximum absolute atomic E-state index is 8.45. The molecule has 0 aromatic rings. The number of hydrogen-bond acceptors (Lipinski definition) is 1. The Hall–Kier alpha value is -1.29. The molecule has 2 fully saturated rings. The number of nitriles is 1. The topological polar surface area (TPSA) is 23.8 Å². The van der Waals surface area contributed by atoms with Crippen LogP contribution < -0.4 is 0 Å². The van der Waals surface area contributed by atoms with E-state index in [4.69, 9.17) is 5.26 Å². The molecular weight excluding hydrogens is 266 g/mol. The monoisotopic (exact) mass is 297 g/mol. The van der Waals surface area contributed by atoms with Gasteiger partial charge in [-0.05, 0) is 75.0 Å². The second-order valence-electron chi connectivity index (χ2n) is 7.12. The van der Waals surface area contributed by atoms with E-state index >= 15 is 0 Å². The van der Waals surface area contributed by atoms with Crippen LogP contribution in [0.5, 0.6) is 0 Å². The number of hydrogen-bond donors (Lipinski definition) is 0. The molecule has 2 saturated carbocycles. The molecule has 0 aliphatic heterocycles. The predicted octanol–water partition coefficient (Wildman–Crippen LogP) is 6.20. The van der Waals surface area contributed by atoms with Crippen molar-refractivity contribution in [2.24, 2.45) is 23.7 Å². The number of rotatable bonds is 5. The van der Waals surface area contributed by atoms with Gasteiger partial charge in [-0.15, -0.1) is 0 Å². The van der Waals surface area contributed by atoms with Gasteiger partial charge >= 0.3 is 0 Å². The van der Waals surface area contributed by atoms with Gasteiger partial charge < -0.3 is 0 Å². The third-order valence-corrected chi connectivity index (χ3v) is 5.61. The highest BCUT2D eigenvalue weighted by Crippen LogP contribution is 2.34. The molecule has 0 heterocycles. The van der Waals surface area contributed by atoms with E-state index in [0.29, 0.717) is 5.92 Å². The highest BCUT2D eigenvalue weighted by atomic mass is 14.3. The summed E-state index contributed by atoms with van der Waals surface area (Å²) in [5.41, 5.74) is 0. The molecular formula is C21H31N. The van der Waals surface area contributed by atoms with Crippen LogP contribution >= 0.6 is 0 Å². The largest absolute Gasteiger partial charge is 0.193 e. The van der Waals surface area contributed by atoms with E-state index < -0.39 is 0 Å². The van der Waals surface area contributed by atoms with Gasteiger partial charge in [0.05, 0.1) is 6.07 Å². The minimum atomic E-state index is 0.716. The SMILES string of the molecule is CC[C@H]1CC[C@H](C=CC2CCC(C=CC=CC#N)CC2)CC1. The predicted molar refractivity (Wildman–Crippen MR) is 94.2 cm³/mol. The molecule has 0 aromatic carbocycles. The van der Waals surface area contributed by atoms with Gasteiger partial charge in [0, 0.05) is 6.08 Å². The van der Waals surface area contributed by atoms with Gasteiger partial charge in [0.15, 0.2) is 0 Å². The van der Waals surface area contributed by atoms with Crippen LogP contribution in [0.25, 0.3) is 0 Å². The van der Waals surface area contributed by atoms with E-state index in [9.17, 15) is 0 Å². The summed E-state index contributed by atoms with van der Waals surface area (Å²) in [7, 11) is 0. The standard InChI is InChI=1S/C21H31N/c1-2-18-7-9-20(10-8-18)15-16-21-13-11-19(12-14-21)6-4-3-5-17-22/h3-6,15-16,18-21H,2,7-14H2,1H3/t18-,19?,20-,21?. The fourth-order valence-electron chi connectivity index (χ4n) is 3.95. The first-order valence-corrected chi connectivity index (χ1v) is 9.23. The smallest absolute Gasteiger partial charge is 0.0912 e. The summed E-state index contributed by atoms with van der Waals surface area (Å²) < 4.78 is 0. The van der Waals surface area contributed by atoms with Crippen molar-refractivity contribution < 1.29 is 0 Å². The summed E-state index contributed by atoms with van der Waals surface area (Å²) in [6, 6.07) is 2.03. The minimum absolute atomic E-state index is 0.716. The molecule has 0 unspecified atom stereocenters. The summed E-state index contributed by atoms with van der Waals surface area (Å²) in [6.07, 6.45) is 25.1. The average Bonchev–Trinajstić information content (AvgIpc) is 2.58. The van der Waals surface area contributed by atoms with Crippen LogP contribution in [0.3, 0.4) is 0 Å². The molecule has 0 spiro atoms. The lowest BCUT2D eigenvalue weighted by molar-refractivity contribution is 0.301. The van der Waals surface area contributed by atoms with E-state index in [0.717, 1.165) is 17.8 Å². The minimum Gasteiger partial charge on any atom is -0.193 e. The van der Waals surface area contributed by atoms with E-state index in [-0.39, 0.29) is 0 Å². The first-order valence-electron chi connectivity index (χ1n) is 9.23. The molecule has 1 heteroatoms. The molecule has 0 atom stereocenters. The van der Waals surface area contributed by atoms with Gasteiger partial charge in [0.1, 0.15) is 0 Å². The van der Waals surface area contributed by atoms with Gasteiger partial charge in [-0.2, -0.15) is 5.26 Å². The molecule has 0 bridgehead atoms. The fraction of sp³-hybridized carbons (Fsp3) is 0.667. The summed E-state index contributed by atoms with van der Waals surface area (Å²) in [5, 5.41) is 8.45. The van der Waals surface area contributed by atoms with Crippen molar-refractivity contribution in [1.82, 2.24) is 0 Å². The Morgan fingerprint density at radius 2 is 1.27 bits per heavy atom. The number of nitrogens with zero attached hydrogens (tertiary/aromatic N) is 1. The summed E-state index contributed by atoms with van der Waals surface area (Å²) >= 11 is 0. The molecule has 0 aromatic heterocycles. The highest BCUT2D eigenvalue weighted by Gasteiger charge is 2.20. The van der Waals surface area contributed by atoms with Crippen molar-refractivity contribution >= 4 is 0 Å². The molecule has 120 valence electrons. The molecule has 0 saturated heterocycles. The van der Waals surface area contributed by atoms with Gasteiger partial charge in [-0.1, -0.05) is 43.7 Å². The zero-order valence-corrected chi connectivity index (χ0v) is 14.1. The Bertz CT molecular complexity index is 421. The van der Waals surface area contributed by atoms with E-state index in [2.05, 4.69) is 25.2 Å². The third kappa shape index (κ3) is 5.84. The van der Waals surface area contributed by atoms with Crippen LogP contribution in [0.15, 0.2) is 36.5 Å². The zero-order valence-electron chi connectivity index (χ0n) is 14.1. The van der Waals surface area contributed by atoms with Gasteiger partial charge in [-0.25, -0.2) is 0 Å². The van der Waals surface area contributed by atoms with E-state index in [1.54, 1.807) is 0 Å². The van der Waals surface area contributed by atoms with Crippen LogP contribution in [0, 0.1) is 35.0 Å². The van der Waals surface area contributed by atoms with Gasteiger partial charge in [0.25, 0.3) is 0 Å². The van der Waals surface area contributed by atoms with Crippen molar-refractivity contribution in [2.75, 3.05) is 0 Å². The second-order valence-corrected chi connectivity index (χ2v) is 7.12. The third-order valence-electron chi connectivity index (χ3n) is 5.61. The number of allylic oxidation sites excluding steroid dienone is 6. The Kier molecular flexibility index (Phi) is 7.50. The van der Waals surface area contributed by atoms with Crippen LogP contribution in [-0.2, 0) is 0 Å². The first kappa shape index (κ1) is 17.1. The summed E-state index contributed by atoms with van der Waals surface area (Å²) in [6.45, 7) is 2.34. The van der Waals surface area contributed by atoms with Crippen LogP contribution in [0.1, 0.15) is 64.7 Å². The summed E-state index contributed by atoms with van der Waals surface area (Å²) in [4.78, 5) is 0. The Morgan fingerprint density at radius 1 is 0.773 bits per heavy atom. The van der Waals surface area contributed by atoms with E-state index in [1.807, 2.05) is 18.2 Å². The zero-order chi connectivity index (χ0) is 15.6. The normalized spacial score (nSPS) is 33.6. The molecule has 1 nitrogen and oxygen atoms in total. The second kappa shape index (κ2) is 9.67. The van der Waals surface area contributed by atoms with Crippen molar-refractivity contribution in [1.29, 1.82) is 5.26 Å². The maximum atomic E-state index is 8.45. The molecule has 0 N–H and O–H groups in total. The van der Waals surface area contributed by atoms with Gasteiger partial charge in [-0.3, -0.25) is 0 Å². The van der Waals surface area contributed by atoms with Crippen LogP contribution in [0.2, 0.25) is 0 Å². The molecule has 0 amide bonds. The Labute approximate surface area is 136 Å². The average molecular weight is 297 g/mol. The highest BCUT2D eigenvalue weighted by molar-refractivity contribution is 5.12. The first-order chi connectivity index (χ1) is 10.8. The van der Waals surface area contributed by atoms with E-state index in [1.165, 1.54) is 63.9 Å². The lowest BCUT2D eigenvalue weighted by Crippen LogP contribution is -2.14. The maximum Gasteiger partial charge on any atom is 0.0912 e. The van der Waals surface area contributed by atoms with Crippen molar-refractivity contribution in [3.05, 3.63) is 36.5 Å². The molecule has 2 aliphatic rings. The van der Waals surface area contributed by atoms with Gasteiger partial charge in [0.2, 0.25) is 0 Å². The van der Waals surface area contributed by atoms with Crippen LogP contribution in [-0.4, -0.2) is 0 Å². The lowest BCUT2D eigenvalue weighted by atomic mass is 9.78. The lowest BCUT2D eigenvalue weighted by Gasteiger charge is -2.27. The summed E-state index contributed by atoms with van der Waals surface area (Å²) in [5.74, 6) is 3.38. The Morgan fingerprint density at radius 3 is 1.77 bits per heavy atom. The molecule has 0 radical (unpaired) electrons. The fourth-order valence-corrected chi connectivity index (χ4v) is 3.95. The quantitative estimate of drug-likeness (QED) is 0.336. The van der Waals surface area contributed by atoms with Crippen molar-refractivity contribution in [3.63, 3.8) is 0 Å².